The molecule has 0 unspecified atom stereocenters. The molecule has 1 heterocycles. The number of carboxylic acid groups (broad SMARTS) is 1. The highest BCUT2D eigenvalue weighted by Crippen LogP contribution is 2.17. The molecule has 0 aromatic carbocycles. The maximum absolute atomic E-state index is 10.8. The SMILES string of the molecule is Cc1nc(CNCC(C)C)sc1C(=O)O. The van der Waals surface area contributed by atoms with Gasteiger partial charge in [0.15, 0.2) is 0 Å². The van der Waals surface area contributed by atoms with E-state index in [9.17, 15) is 4.79 Å². The van der Waals surface area contributed by atoms with Crippen molar-refractivity contribution in [3.8, 4) is 0 Å². The summed E-state index contributed by atoms with van der Waals surface area (Å²) in [5.74, 6) is -0.301. The Morgan fingerprint density at radius 2 is 2.27 bits per heavy atom. The van der Waals surface area contributed by atoms with Gasteiger partial charge >= 0.3 is 5.97 Å². The third-order valence-electron chi connectivity index (χ3n) is 1.86. The molecule has 1 aromatic rings. The van der Waals surface area contributed by atoms with Crippen molar-refractivity contribution < 1.29 is 9.90 Å². The minimum Gasteiger partial charge on any atom is -0.477 e. The molecular formula is C10H16N2O2S. The van der Waals surface area contributed by atoms with Crippen molar-refractivity contribution in [1.29, 1.82) is 0 Å². The summed E-state index contributed by atoms with van der Waals surface area (Å²) in [6, 6.07) is 0. The molecule has 1 rings (SSSR count). The monoisotopic (exact) mass is 228 g/mol. The van der Waals surface area contributed by atoms with Gasteiger partial charge in [0, 0.05) is 6.54 Å². The number of aryl methyl sites for hydroxylation is 1. The zero-order valence-corrected chi connectivity index (χ0v) is 10.0. The summed E-state index contributed by atoms with van der Waals surface area (Å²) >= 11 is 1.25. The van der Waals surface area contributed by atoms with Gasteiger partial charge in [-0.3, -0.25) is 0 Å². The third kappa shape index (κ3) is 3.60. The second-order valence-electron chi connectivity index (χ2n) is 3.85. The predicted octanol–water partition coefficient (Wildman–Crippen LogP) is 1.90. The normalized spacial score (nSPS) is 10.9. The second kappa shape index (κ2) is 5.23. The van der Waals surface area contributed by atoms with Crippen LogP contribution in [0.4, 0.5) is 0 Å². The molecule has 0 amide bonds. The maximum atomic E-state index is 10.8. The van der Waals surface area contributed by atoms with Crippen molar-refractivity contribution in [2.24, 2.45) is 5.92 Å². The fraction of sp³-hybridized carbons (Fsp3) is 0.600. The average molecular weight is 228 g/mol. The van der Waals surface area contributed by atoms with E-state index in [0.29, 0.717) is 23.0 Å². The quantitative estimate of drug-likeness (QED) is 0.808. The van der Waals surface area contributed by atoms with Crippen molar-refractivity contribution in [2.75, 3.05) is 6.54 Å². The number of nitrogens with zero attached hydrogens (tertiary/aromatic N) is 1. The summed E-state index contributed by atoms with van der Waals surface area (Å²) in [5.41, 5.74) is 0.605. The van der Waals surface area contributed by atoms with Gasteiger partial charge in [0.2, 0.25) is 0 Å². The summed E-state index contributed by atoms with van der Waals surface area (Å²) in [4.78, 5) is 15.3. The van der Waals surface area contributed by atoms with E-state index in [0.717, 1.165) is 11.6 Å². The smallest absolute Gasteiger partial charge is 0.347 e. The van der Waals surface area contributed by atoms with Crippen LogP contribution in [0.5, 0.6) is 0 Å². The molecule has 0 spiro atoms. The largest absolute Gasteiger partial charge is 0.477 e. The predicted molar refractivity (Wildman–Crippen MR) is 60.4 cm³/mol. The Morgan fingerprint density at radius 3 is 2.73 bits per heavy atom. The van der Waals surface area contributed by atoms with Crippen molar-refractivity contribution in [3.05, 3.63) is 15.6 Å². The molecule has 84 valence electrons. The average Bonchev–Trinajstić information content (AvgIpc) is 2.46. The van der Waals surface area contributed by atoms with Crippen molar-refractivity contribution >= 4 is 17.3 Å². The van der Waals surface area contributed by atoms with Crippen LogP contribution in [0.3, 0.4) is 0 Å². The third-order valence-corrected chi connectivity index (χ3v) is 3.01. The van der Waals surface area contributed by atoms with Gasteiger partial charge in [0.1, 0.15) is 9.88 Å². The lowest BCUT2D eigenvalue weighted by Crippen LogP contribution is -2.18. The first-order valence-electron chi connectivity index (χ1n) is 4.91. The molecule has 2 N–H and O–H groups in total. The molecule has 0 saturated carbocycles. The number of carbonyl (C=O) groups is 1. The van der Waals surface area contributed by atoms with Gasteiger partial charge in [0.25, 0.3) is 0 Å². The van der Waals surface area contributed by atoms with Crippen LogP contribution in [0.2, 0.25) is 0 Å². The van der Waals surface area contributed by atoms with Crippen LogP contribution in [0, 0.1) is 12.8 Å². The van der Waals surface area contributed by atoms with Gasteiger partial charge in [-0.05, 0) is 19.4 Å². The summed E-state index contributed by atoms with van der Waals surface area (Å²) in [7, 11) is 0. The van der Waals surface area contributed by atoms with Crippen LogP contribution in [-0.4, -0.2) is 22.6 Å². The number of aromatic carboxylic acids is 1. The number of nitrogens with one attached hydrogen (secondary N) is 1. The van der Waals surface area contributed by atoms with Crippen molar-refractivity contribution in [2.45, 2.75) is 27.3 Å². The molecule has 0 atom stereocenters. The zero-order chi connectivity index (χ0) is 11.4. The van der Waals surface area contributed by atoms with E-state index in [-0.39, 0.29) is 0 Å². The van der Waals surface area contributed by atoms with Crippen molar-refractivity contribution in [3.63, 3.8) is 0 Å². The van der Waals surface area contributed by atoms with E-state index in [4.69, 9.17) is 5.11 Å². The fourth-order valence-corrected chi connectivity index (χ4v) is 2.07. The number of hydrogen-bond acceptors (Lipinski definition) is 4. The topological polar surface area (TPSA) is 62.2 Å². The number of carboxylic acids is 1. The molecule has 4 nitrogen and oxygen atoms in total. The molecule has 0 aliphatic carbocycles. The molecule has 0 aliphatic heterocycles. The summed E-state index contributed by atoms with van der Waals surface area (Å²) in [5, 5.41) is 12.9. The van der Waals surface area contributed by atoms with E-state index in [1.165, 1.54) is 11.3 Å². The number of rotatable bonds is 5. The van der Waals surface area contributed by atoms with Crippen LogP contribution >= 0.6 is 11.3 Å². The Labute approximate surface area is 93.4 Å². The van der Waals surface area contributed by atoms with E-state index in [1.807, 2.05) is 0 Å². The number of thiazole rings is 1. The summed E-state index contributed by atoms with van der Waals surface area (Å²) in [6.45, 7) is 7.55. The molecule has 15 heavy (non-hydrogen) atoms. The van der Waals surface area contributed by atoms with Crippen LogP contribution in [-0.2, 0) is 6.54 Å². The van der Waals surface area contributed by atoms with Crippen molar-refractivity contribution in [1.82, 2.24) is 10.3 Å². The highest BCUT2D eigenvalue weighted by atomic mass is 32.1. The van der Waals surface area contributed by atoms with Gasteiger partial charge in [0.05, 0.1) is 5.69 Å². The Morgan fingerprint density at radius 1 is 1.60 bits per heavy atom. The van der Waals surface area contributed by atoms with Crippen LogP contribution in [0.25, 0.3) is 0 Å². The first-order chi connectivity index (χ1) is 7.00. The fourth-order valence-electron chi connectivity index (χ4n) is 1.19. The standard InChI is InChI=1S/C10H16N2O2S/c1-6(2)4-11-5-8-12-7(3)9(15-8)10(13)14/h6,11H,4-5H2,1-3H3,(H,13,14). The van der Waals surface area contributed by atoms with Gasteiger partial charge in [-0.15, -0.1) is 11.3 Å². The van der Waals surface area contributed by atoms with Gasteiger partial charge in [-0.1, -0.05) is 13.8 Å². The van der Waals surface area contributed by atoms with E-state index in [2.05, 4.69) is 24.1 Å². The molecule has 1 aromatic heterocycles. The molecule has 0 bridgehead atoms. The van der Waals surface area contributed by atoms with Gasteiger partial charge in [-0.25, -0.2) is 9.78 Å². The first kappa shape index (κ1) is 12.1. The number of hydrogen-bond donors (Lipinski definition) is 2. The lowest BCUT2D eigenvalue weighted by Gasteiger charge is -2.04. The lowest BCUT2D eigenvalue weighted by atomic mass is 10.2. The van der Waals surface area contributed by atoms with E-state index < -0.39 is 5.97 Å². The molecule has 0 aliphatic rings. The minimum absolute atomic E-state index is 0.344. The Bertz CT molecular complexity index is 347. The molecule has 0 saturated heterocycles. The molecule has 5 heteroatoms. The Kier molecular flexibility index (Phi) is 4.23. The number of aromatic nitrogens is 1. The summed E-state index contributed by atoms with van der Waals surface area (Å²) < 4.78 is 0. The minimum atomic E-state index is -0.889. The van der Waals surface area contributed by atoms with Gasteiger partial charge in [-0.2, -0.15) is 0 Å². The first-order valence-corrected chi connectivity index (χ1v) is 5.72. The van der Waals surface area contributed by atoms with E-state index >= 15 is 0 Å². The highest BCUT2D eigenvalue weighted by Gasteiger charge is 2.13. The van der Waals surface area contributed by atoms with Crippen LogP contribution < -0.4 is 5.32 Å². The molecular weight excluding hydrogens is 212 g/mol. The zero-order valence-electron chi connectivity index (χ0n) is 9.20. The molecule has 0 radical (unpaired) electrons. The second-order valence-corrected chi connectivity index (χ2v) is 4.94. The lowest BCUT2D eigenvalue weighted by molar-refractivity contribution is 0.0701. The molecule has 0 fully saturated rings. The highest BCUT2D eigenvalue weighted by molar-refractivity contribution is 7.13. The van der Waals surface area contributed by atoms with Gasteiger partial charge < -0.3 is 10.4 Å². The van der Waals surface area contributed by atoms with E-state index in [1.54, 1.807) is 6.92 Å². The van der Waals surface area contributed by atoms with Crippen LogP contribution in [0.15, 0.2) is 0 Å². The Balaban J connectivity index is 2.56. The van der Waals surface area contributed by atoms with Crippen LogP contribution in [0.1, 0.15) is 34.2 Å². The Hall–Kier alpha value is -0.940. The maximum Gasteiger partial charge on any atom is 0.347 e. The summed E-state index contributed by atoms with van der Waals surface area (Å²) in [6.07, 6.45) is 0.